The minimum atomic E-state index is -2.15. The van der Waals surface area contributed by atoms with Gasteiger partial charge in [0.1, 0.15) is 34.2 Å². The summed E-state index contributed by atoms with van der Waals surface area (Å²) in [6, 6.07) is 35.1. The topological polar surface area (TPSA) is 86.8 Å². The molecule has 1 aromatic heterocycles. The Morgan fingerprint density at radius 1 is 0.549 bits per heavy atom. The van der Waals surface area contributed by atoms with E-state index in [0.29, 0.717) is 35.4 Å². The molecule has 1 amide bonds. The normalized spacial score (nSPS) is 14.5. The second kappa shape index (κ2) is 19.3. The van der Waals surface area contributed by atoms with Crippen LogP contribution in [0.15, 0.2) is 112 Å². The summed E-state index contributed by atoms with van der Waals surface area (Å²) in [5, 5.41) is 1.69. The van der Waals surface area contributed by atoms with Gasteiger partial charge >= 0.3 is 16.7 Å². The minimum Gasteiger partial charge on any atom is -0.497 e. The lowest BCUT2D eigenvalue weighted by Crippen LogP contribution is -2.39. The molecule has 1 aliphatic rings. The predicted molar refractivity (Wildman–Crippen MR) is 294 cm³/mol. The van der Waals surface area contributed by atoms with Crippen molar-refractivity contribution in [2.45, 2.75) is 132 Å². The van der Waals surface area contributed by atoms with Gasteiger partial charge in [0.25, 0.3) is 5.91 Å². The molecule has 2 heterocycles. The summed E-state index contributed by atoms with van der Waals surface area (Å²) in [6.45, 7) is 31.1. The SMILES string of the molecule is COc1cc(C(C)(C)C)c2op(Oc3c(Cc4cc(C)cc(C(C)(C)C)c4OP4N(Cc5ccccc5)C(=O)c5ccccc5N4C)cc(C)cc3C(C)(C)C)oc3c(C(C)(C)C)cc(OC)cc3c2c1. The summed E-state index contributed by atoms with van der Waals surface area (Å²) >= 11 is 0. The van der Waals surface area contributed by atoms with Crippen LogP contribution in [0.2, 0.25) is 0 Å². The van der Waals surface area contributed by atoms with Gasteiger partial charge in [0.05, 0.1) is 32.0 Å². The summed E-state index contributed by atoms with van der Waals surface area (Å²) in [4.78, 5) is 14.7. The number of amides is 1. The third-order valence-corrected chi connectivity index (χ3v) is 16.0. The number of benzene rings is 6. The molecular weight excluding hydrogens is 923 g/mol. The molecule has 11 heteroatoms. The fourth-order valence-electron chi connectivity index (χ4n) is 9.41. The number of ether oxygens (including phenoxy) is 2. The fourth-order valence-corrected chi connectivity index (χ4v) is 12.4. The Bertz CT molecular complexity index is 3100. The van der Waals surface area contributed by atoms with Crippen LogP contribution in [0.3, 0.4) is 0 Å². The fraction of sp³-hybridized carbons (Fsp3) is 0.383. The number of fused-ring (bicyclic) bond motifs is 4. The first-order valence-electron chi connectivity index (χ1n) is 24.5. The minimum absolute atomic E-state index is 0.0567. The van der Waals surface area contributed by atoms with Gasteiger partial charge in [0.2, 0.25) is 0 Å². The number of para-hydroxylation sites is 1. The standard InChI is InChI=1S/C60H72N2O7P2/c1-37-27-40(52(47(29-37)57(3,4)5)66-70-61(15)51-26-22-21-25-44(51)56(63)62(70)36-39-23-19-18-20-24-39)31-41-28-38(2)30-48(58(6,7)8)53(41)67-71-68-54-45(32-42(64-16)34-49(54)59(9,10)11)46-33-43(65-17)35-50(55(46)69-71)60(12,13)14/h18-30,32-35H,31,36H2,1-17H3. The van der Waals surface area contributed by atoms with Gasteiger partial charge in [0, 0.05) is 52.1 Å². The number of hydrogen-bond acceptors (Lipinski definition) is 8. The number of aryl methyl sites for hydroxylation is 2. The highest BCUT2D eigenvalue weighted by Crippen LogP contribution is 2.56. The van der Waals surface area contributed by atoms with E-state index in [-0.39, 0.29) is 27.6 Å². The molecule has 0 N–H and O–H groups in total. The molecular formula is C60H72N2O7P2. The lowest BCUT2D eigenvalue weighted by atomic mass is 9.81. The van der Waals surface area contributed by atoms with E-state index in [1.54, 1.807) is 14.2 Å². The maximum Gasteiger partial charge on any atom is 0.453 e. The van der Waals surface area contributed by atoms with Crippen molar-refractivity contribution in [2.24, 2.45) is 0 Å². The average molecular weight is 995 g/mol. The average Bonchev–Trinajstić information content (AvgIpc) is 3.44. The van der Waals surface area contributed by atoms with Gasteiger partial charge in [-0.1, -0.05) is 161 Å². The number of carbonyl (C=O) groups excluding carboxylic acids is 1. The molecule has 9 nitrogen and oxygen atoms in total. The molecule has 1 atom stereocenters. The highest BCUT2D eigenvalue weighted by atomic mass is 31.2. The van der Waals surface area contributed by atoms with Crippen molar-refractivity contribution < 1.29 is 31.7 Å². The first-order valence-corrected chi connectivity index (χ1v) is 26.8. The molecule has 0 fully saturated rings. The monoisotopic (exact) mass is 994 g/mol. The molecule has 71 heavy (non-hydrogen) atoms. The maximum atomic E-state index is 14.7. The van der Waals surface area contributed by atoms with Crippen molar-refractivity contribution in [1.82, 2.24) is 4.67 Å². The van der Waals surface area contributed by atoms with Crippen LogP contribution in [-0.2, 0) is 34.6 Å². The van der Waals surface area contributed by atoms with Crippen molar-refractivity contribution in [2.75, 3.05) is 25.9 Å². The van der Waals surface area contributed by atoms with Crippen molar-refractivity contribution in [3.63, 3.8) is 0 Å². The van der Waals surface area contributed by atoms with Gasteiger partial charge in [-0.25, -0.2) is 0 Å². The van der Waals surface area contributed by atoms with E-state index in [1.807, 2.05) is 66.3 Å². The van der Waals surface area contributed by atoms with Crippen LogP contribution in [0, 0.1) is 13.8 Å². The molecule has 8 rings (SSSR count). The zero-order valence-corrected chi connectivity index (χ0v) is 46.7. The van der Waals surface area contributed by atoms with Crippen LogP contribution < -0.4 is 23.2 Å². The van der Waals surface area contributed by atoms with Crippen LogP contribution in [0.25, 0.3) is 21.9 Å². The van der Waals surface area contributed by atoms with Gasteiger partial charge < -0.3 is 31.6 Å². The Morgan fingerprint density at radius 3 is 1.46 bits per heavy atom. The first-order chi connectivity index (χ1) is 33.3. The Hall–Kier alpha value is -5.88. The predicted octanol–water partition coefficient (Wildman–Crippen LogP) is 16.9. The van der Waals surface area contributed by atoms with E-state index >= 15 is 0 Å². The van der Waals surface area contributed by atoms with Crippen molar-refractivity contribution in [3.8, 4) is 23.0 Å². The van der Waals surface area contributed by atoms with E-state index in [0.717, 1.165) is 83.8 Å². The second-order valence-corrected chi connectivity index (χ2v) is 25.9. The largest absolute Gasteiger partial charge is 0.497 e. The number of hydrogen-bond donors (Lipinski definition) is 0. The lowest BCUT2D eigenvalue weighted by Gasteiger charge is -2.42. The van der Waals surface area contributed by atoms with Crippen molar-refractivity contribution >= 4 is 50.2 Å². The molecule has 0 saturated carbocycles. The third-order valence-electron chi connectivity index (χ3n) is 13.1. The summed E-state index contributed by atoms with van der Waals surface area (Å²) in [5.74, 6) is 2.85. The molecule has 0 spiro atoms. The van der Waals surface area contributed by atoms with Gasteiger partial charge in [-0.3, -0.25) is 9.46 Å². The number of nitrogens with zero attached hydrogens (tertiary/aromatic N) is 2. The summed E-state index contributed by atoms with van der Waals surface area (Å²) < 4.78 is 45.4. The summed E-state index contributed by atoms with van der Waals surface area (Å²) in [7, 11) is 1.59. The molecule has 0 saturated heterocycles. The summed E-state index contributed by atoms with van der Waals surface area (Å²) in [6.07, 6.45) is 0.460. The highest BCUT2D eigenvalue weighted by molar-refractivity contribution is 7.53. The molecule has 7 aromatic rings. The van der Waals surface area contributed by atoms with Crippen molar-refractivity contribution in [3.05, 3.63) is 159 Å². The second-order valence-electron chi connectivity index (χ2n) is 23.1. The molecule has 0 aliphatic carbocycles. The van der Waals surface area contributed by atoms with Gasteiger partial charge in [-0.15, -0.1) is 0 Å². The van der Waals surface area contributed by atoms with Crippen LogP contribution in [-0.4, -0.2) is 31.8 Å². The van der Waals surface area contributed by atoms with Crippen molar-refractivity contribution in [1.29, 1.82) is 0 Å². The quantitative estimate of drug-likeness (QED) is 0.125. The van der Waals surface area contributed by atoms with E-state index in [4.69, 9.17) is 26.9 Å². The Kier molecular flexibility index (Phi) is 14.0. The number of methoxy groups -OCH3 is 2. The first kappa shape index (κ1) is 51.5. The Balaban J connectivity index is 1.37. The van der Waals surface area contributed by atoms with Gasteiger partial charge in [0.15, 0.2) is 0 Å². The van der Waals surface area contributed by atoms with Crippen LogP contribution in [0.5, 0.6) is 23.0 Å². The molecule has 6 aromatic carbocycles. The van der Waals surface area contributed by atoms with Crippen LogP contribution in [0.1, 0.15) is 144 Å². The highest BCUT2D eigenvalue weighted by Gasteiger charge is 2.41. The van der Waals surface area contributed by atoms with Gasteiger partial charge in [-0.2, -0.15) is 0 Å². The molecule has 374 valence electrons. The third kappa shape index (κ3) is 10.6. The van der Waals surface area contributed by atoms with E-state index in [9.17, 15) is 4.79 Å². The van der Waals surface area contributed by atoms with E-state index in [1.165, 1.54) is 0 Å². The molecule has 1 aliphatic heterocycles. The molecule has 0 radical (unpaired) electrons. The number of anilines is 1. The van der Waals surface area contributed by atoms with E-state index < -0.39 is 16.7 Å². The Morgan fingerprint density at radius 2 is 1.00 bits per heavy atom. The van der Waals surface area contributed by atoms with E-state index in [2.05, 4.69) is 150 Å². The van der Waals surface area contributed by atoms with Crippen LogP contribution >= 0.6 is 16.7 Å². The number of carbonyl (C=O) groups is 1. The molecule has 0 bridgehead atoms. The van der Waals surface area contributed by atoms with Gasteiger partial charge in [-0.05, 0) is 83.0 Å². The molecule has 1 unspecified atom stereocenters. The smallest absolute Gasteiger partial charge is 0.453 e. The summed E-state index contributed by atoms with van der Waals surface area (Å²) in [5.41, 5.74) is 10.7. The zero-order valence-electron chi connectivity index (χ0n) is 44.9. The number of rotatable bonds is 10. The van der Waals surface area contributed by atoms with Crippen LogP contribution in [0.4, 0.5) is 5.69 Å². The maximum absolute atomic E-state index is 14.7. The Labute approximate surface area is 424 Å². The zero-order chi connectivity index (χ0) is 51.5. The lowest BCUT2D eigenvalue weighted by molar-refractivity contribution is 0.0847.